The zero-order valence-electron chi connectivity index (χ0n) is 11.4. The van der Waals surface area contributed by atoms with E-state index in [1.54, 1.807) is 0 Å². The van der Waals surface area contributed by atoms with E-state index in [0.717, 1.165) is 60.1 Å². The highest BCUT2D eigenvalue weighted by atomic mass is 16.3. The number of hydrogen-bond donors (Lipinski definition) is 2. The molecule has 1 aromatic carbocycles. The summed E-state index contributed by atoms with van der Waals surface area (Å²) in [5.74, 6) is 0. The number of pyridine rings is 1. The average Bonchev–Trinajstić information content (AvgIpc) is 2.85. The Bertz CT molecular complexity index is 705. The van der Waals surface area contributed by atoms with Gasteiger partial charge in [0.2, 0.25) is 0 Å². The van der Waals surface area contributed by atoms with Crippen LogP contribution in [0.2, 0.25) is 0 Å². The van der Waals surface area contributed by atoms with Gasteiger partial charge < -0.3 is 15.5 Å². The Balaban J connectivity index is 1.77. The SMILES string of the molecule is NCCCCNCc1cc2c(cn1)oc1ccccc12. The minimum atomic E-state index is 0.757. The molecule has 0 aliphatic rings. The van der Waals surface area contributed by atoms with Crippen LogP contribution in [0, 0.1) is 0 Å². The van der Waals surface area contributed by atoms with Crippen molar-refractivity contribution in [2.75, 3.05) is 13.1 Å². The molecule has 2 aromatic heterocycles. The number of fused-ring (bicyclic) bond motifs is 3. The quantitative estimate of drug-likeness (QED) is 0.675. The number of rotatable bonds is 6. The van der Waals surface area contributed by atoms with Gasteiger partial charge in [-0.3, -0.25) is 4.98 Å². The number of nitrogens with zero attached hydrogens (tertiary/aromatic N) is 1. The second-order valence-corrected chi connectivity index (χ2v) is 4.94. The molecule has 0 saturated heterocycles. The number of aromatic nitrogens is 1. The van der Waals surface area contributed by atoms with Crippen LogP contribution < -0.4 is 11.1 Å². The Labute approximate surface area is 118 Å². The van der Waals surface area contributed by atoms with Crippen LogP contribution in [0.15, 0.2) is 40.9 Å². The first-order chi connectivity index (χ1) is 9.88. The highest BCUT2D eigenvalue weighted by molar-refractivity contribution is 6.04. The van der Waals surface area contributed by atoms with Gasteiger partial charge in [0.05, 0.1) is 11.9 Å². The van der Waals surface area contributed by atoms with Crippen LogP contribution in [0.25, 0.3) is 21.9 Å². The normalized spacial score (nSPS) is 11.4. The smallest absolute Gasteiger partial charge is 0.153 e. The van der Waals surface area contributed by atoms with E-state index in [4.69, 9.17) is 10.2 Å². The van der Waals surface area contributed by atoms with Gasteiger partial charge in [-0.05, 0) is 38.1 Å². The second kappa shape index (κ2) is 6.03. The predicted molar refractivity (Wildman–Crippen MR) is 81.5 cm³/mol. The standard InChI is InChI=1S/C16H19N3O/c17-7-3-4-8-18-10-12-9-14-13-5-1-2-6-15(13)20-16(14)11-19-12/h1-2,5-6,9,11,18H,3-4,7-8,10,17H2. The predicted octanol–water partition coefficient (Wildman–Crippen LogP) is 2.81. The number of furan rings is 1. The highest BCUT2D eigenvalue weighted by Crippen LogP contribution is 2.28. The van der Waals surface area contributed by atoms with Crippen molar-refractivity contribution in [2.45, 2.75) is 19.4 Å². The van der Waals surface area contributed by atoms with E-state index in [2.05, 4.69) is 22.4 Å². The van der Waals surface area contributed by atoms with Crippen molar-refractivity contribution in [3.8, 4) is 0 Å². The number of hydrogen-bond acceptors (Lipinski definition) is 4. The molecule has 20 heavy (non-hydrogen) atoms. The van der Waals surface area contributed by atoms with Crippen molar-refractivity contribution in [2.24, 2.45) is 5.73 Å². The lowest BCUT2D eigenvalue weighted by molar-refractivity contribution is 0.620. The summed E-state index contributed by atoms with van der Waals surface area (Å²) in [4.78, 5) is 4.44. The fourth-order valence-electron chi connectivity index (χ4n) is 2.38. The molecular formula is C16H19N3O. The number of nitrogens with one attached hydrogen (secondary N) is 1. The third kappa shape index (κ3) is 2.66. The Morgan fingerprint density at radius 3 is 2.90 bits per heavy atom. The molecule has 0 aliphatic heterocycles. The van der Waals surface area contributed by atoms with Gasteiger partial charge in [0.25, 0.3) is 0 Å². The molecule has 3 N–H and O–H groups in total. The molecule has 4 nitrogen and oxygen atoms in total. The lowest BCUT2D eigenvalue weighted by Crippen LogP contribution is -2.16. The van der Waals surface area contributed by atoms with Crippen LogP contribution in [-0.2, 0) is 6.54 Å². The summed E-state index contributed by atoms with van der Waals surface area (Å²) in [5.41, 5.74) is 8.27. The molecule has 0 radical (unpaired) electrons. The van der Waals surface area contributed by atoms with E-state index in [1.165, 1.54) is 0 Å². The molecule has 104 valence electrons. The summed E-state index contributed by atoms with van der Waals surface area (Å²) >= 11 is 0. The van der Waals surface area contributed by atoms with E-state index in [0.29, 0.717) is 0 Å². The summed E-state index contributed by atoms with van der Waals surface area (Å²) in [6, 6.07) is 10.2. The van der Waals surface area contributed by atoms with E-state index < -0.39 is 0 Å². The maximum atomic E-state index is 5.77. The fourth-order valence-corrected chi connectivity index (χ4v) is 2.38. The third-order valence-electron chi connectivity index (χ3n) is 3.43. The van der Waals surface area contributed by atoms with Crippen molar-refractivity contribution < 1.29 is 4.42 Å². The molecule has 4 heteroatoms. The van der Waals surface area contributed by atoms with Crippen LogP contribution in [0.1, 0.15) is 18.5 Å². The van der Waals surface area contributed by atoms with Gasteiger partial charge in [-0.15, -0.1) is 0 Å². The lowest BCUT2D eigenvalue weighted by atomic mass is 10.1. The van der Waals surface area contributed by atoms with Crippen molar-refractivity contribution in [1.82, 2.24) is 10.3 Å². The van der Waals surface area contributed by atoms with Crippen LogP contribution in [-0.4, -0.2) is 18.1 Å². The summed E-state index contributed by atoms with van der Waals surface area (Å²) in [7, 11) is 0. The Kier molecular flexibility index (Phi) is 3.95. The Morgan fingerprint density at radius 1 is 1.10 bits per heavy atom. The molecule has 0 aliphatic carbocycles. The summed E-state index contributed by atoms with van der Waals surface area (Å²) in [6.07, 6.45) is 3.98. The average molecular weight is 269 g/mol. The first-order valence-corrected chi connectivity index (χ1v) is 7.05. The molecular weight excluding hydrogens is 250 g/mol. The molecule has 2 heterocycles. The lowest BCUT2D eigenvalue weighted by Gasteiger charge is -2.03. The molecule has 0 bridgehead atoms. The van der Waals surface area contributed by atoms with E-state index >= 15 is 0 Å². The third-order valence-corrected chi connectivity index (χ3v) is 3.43. The zero-order chi connectivity index (χ0) is 13.8. The zero-order valence-corrected chi connectivity index (χ0v) is 11.4. The second-order valence-electron chi connectivity index (χ2n) is 4.94. The first kappa shape index (κ1) is 13.1. The molecule has 0 saturated carbocycles. The number of unbranched alkanes of at least 4 members (excludes halogenated alkanes) is 1. The van der Waals surface area contributed by atoms with Crippen LogP contribution in [0.4, 0.5) is 0 Å². The Morgan fingerprint density at radius 2 is 2.00 bits per heavy atom. The fraction of sp³-hybridized carbons (Fsp3) is 0.312. The van der Waals surface area contributed by atoms with Gasteiger partial charge in [-0.1, -0.05) is 18.2 Å². The van der Waals surface area contributed by atoms with Crippen molar-refractivity contribution >= 4 is 21.9 Å². The van der Waals surface area contributed by atoms with Crippen molar-refractivity contribution in [1.29, 1.82) is 0 Å². The molecule has 0 spiro atoms. The van der Waals surface area contributed by atoms with Gasteiger partial charge in [-0.25, -0.2) is 0 Å². The number of nitrogens with two attached hydrogens (primary N) is 1. The minimum Gasteiger partial charge on any atom is -0.454 e. The molecule has 0 unspecified atom stereocenters. The largest absolute Gasteiger partial charge is 0.454 e. The van der Waals surface area contributed by atoms with Crippen LogP contribution in [0.3, 0.4) is 0 Å². The van der Waals surface area contributed by atoms with Gasteiger partial charge in [0.1, 0.15) is 5.58 Å². The van der Waals surface area contributed by atoms with Gasteiger partial charge in [0, 0.05) is 17.3 Å². The molecule has 0 amide bonds. The summed E-state index contributed by atoms with van der Waals surface area (Å²) < 4.78 is 5.77. The van der Waals surface area contributed by atoms with Gasteiger partial charge >= 0.3 is 0 Å². The van der Waals surface area contributed by atoms with Crippen LogP contribution in [0.5, 0.6) is 0 Å². The van der Waals surface area contributed by atoms with Gasteiger partial charge in [0.15, 0.2) is 5.58 Å². The van der Waals surface area contributed by atoms with Crippen LogP contribution >= 0.6 is 0 Å². The molecule has 0 atom stereocenters. The highest BCUT2D eigenvalue weighted by Gasteiger charge is 2.07. The Hall–Kier alpha value is -1.91. The van der Waals surface area contributed by atoms with Crippen molar-refractivity contribution in [3.05, 3.63) is 42.2 Å². The van der Waals surface area contributed by atoms with Crippen molar-refractivity contribution in [3.63, 3.8) is 0 Å². The summed E-state index contributed by atoms with van der Waals surface area (Å²) in [6.45, 7) is 2.51. The molecule has 3 rings (SSSR count). The van der Waals surface area contributed by atoms with E-state index in [9.17, 15) is 0 Å². The number of para-hydroxylation sites is 1. The minimum absolute atomic E-state index is 0.757. The number of benzene rings is 1. The maximum absolute atomic E-state index is 5.77. The van der Waals surface area contributed by atoms with E-state index in [1.807, 2.05) is 24.4 Å². The monoisotopic (exact) mass is 269 g/mol. The topological polar surface area (TPSA) is 64.1 Å². The molecule has 3 aromatic rings. The molecule has 0 fully saturated rings. The van der Waals surface area contributed by atoms with Gasteiger partial charge in [-0.2, -0.15) is 0 Å². The summed E-state index contributed by atoms with van der Waals surface area (Å²) in [5, 5.41) is 5.67. The first-order valence-electron chi connectivity index (χ1n) is 7.05. The maximum Gasteiger partial charge on any atom is 0.153 e. The van der Waals surface area contributed by atoms with E-state index in [-0.39, 0.29) is 0 Å².